The zero-order valence-electron chi connectivity index (χ0n) is 16.2. The summed E-state index contributed by atoms with van der Waals surface area (Å²) < 4.78 is 1.01. The fraction of sp³-hybridized carbons (Fsp3) is 0.227. The Balaban J connectivity index is 1.41. The first-order valence-electron chi connectivity index (χ1n) is 9.71. The zero-order valence-corrected chi connectivity index (χ0v) is 19.5. The van der Waals surface area contributed by atoms with Gasteiger partial charge in [0.05, 0.1) is 11.4 Å². The Hall–Kier alpha value is -2.29. The number of amides is 1. The summed E-state index contributed by atoms with van der Waals surface area (Å²) in [7, 11) is 0. The standard InChI is InChI=1S/C22H19BrN4OS2/c1-11-2-7-16-13(8-11)9-15-18(24)19(30-21(15)25-16)20(28)27-22-26-17(10-29-22)12-3-5-14(23)6-4-12/h3-6,9-11H,2,7-8,24H2,1H3,(H,26,27,28). The minimum Gasteiger partial charge on any atom is -0.397 e. The molecule has 0 bridgehead atoms. The second-order valence-electron chi connectivity index (χ2n) is 7.64. The van der Waals surface area contributed by atoms with E-state index in [2.05, 4.69) is 39.2 Å². The molecular weight excluding hydrogens is 480 g/mol. The molecule has 30 heavy (non-hydrogen) atoms. The van der Waals surface area contributed by atoms with E-state index in [1.807, 2.05) is 29.6 Å². The molecule has 0 radical (unpaired) electrons. The number of nitrogens with two attached hydrogens (primary N) is 1. The molecule has 1 aliphatic rings. The van der Waals surface area contributed by atoms with Crippen molar-refractivity contribution in [2.24, 2.45) is 5.92 Å². The second kappa shape index (κ2) is 7.76. The summed E-state index contributed by atoms with van der Waals surface area (Å²) in [6.07, 6.45) is 3.17. The van der Waals surface area contributed by atoms with Crippen molar-refractivity contribution in [3.8, 4) is 11.3 Å². The van der Waals surface area contributed by atoms with E-state index in [1.54, 1.807) is 0 Å². The minimum absolute atomic E-state index is 0.237. The van der Waals surface area contributed by atoms with Crippen molar-refractivity contribution in [2.45, 2.75) is 26.2 Å². The van der Waals surface area contributed by atoms with Gasteiger partial charge in [-0.2, -0.15) is 0 Å². The van der Waals surface area contributed by atoms with Crippen molar-refractivity contribution in [2.75, 3.05) is 11.1 Å². The molecule has 8 heteroatoms. The third-order valence-corrected chi connectivity index (χ3v) is 7.80. The highest BCUT2D eigenvalue weighted by Crippen LogP contribution is 2.37. The maximum absolute atomic E-state index is 12.9. The number of rotatable bonds is 3. The number of fused-ring (bicyclic) bond motifs is 2. The third-order valence-electron chi connectivity index (χ3n) is 5.40. The van der Waals surface area contributed by atoms with E-state index in [-0.39, 0.29) is 5.91 Å². The number of hydrogen-bond acceptors (Lipinski definition) is 6. The second-order valence-corrected chi connectivity index (χ2v) is 10.4. The topological polar surface area (TPSA) is 80.9 Å². The van der Waals surface area contributed by atoms with Gasteiger partial charge in [0, 0.05) is 26.5 Å². The number of thiophene rings is 1. The lowest BCUT2D eigenvalue weighted by Gasteiger charge is -2.20. The van der Waals surface area contributed by atoms with E-state index in [4.69, 9.17) is 10.7 Å². The predicted octanol–water partition coefficient (Wildman–Crippen LogP) is 6.14. The van der Waals surface area contributed by atoms with E-state index >= 15 is 0 Å². The van der Waals surface area contributed by atoms with Crippen LogP contribution in [-0.4, -0.2) is 15.9 Å². The van der Waals surface area contributed by atoms with Crippen molar-refractivity contribution in [3.63, 3.8) is 0 Å². The summed E-state index contributed by atoms with van der Waals surface area (Å²) in [5.41, 5.74) is 11.1. The first kappa shape index (κ1) is 19.7. The molecule has 1 aromatic carbocycles. The van der Waals surface area contributed by atoms with E-state index in [1.165, 1.54) is 28.2 Å². The van der Waals surface area contributed by atoms with Gasteiger partial charge in [-0.3, -0.25) is 10.1 Å². The highest BCUT2D eigenvalue weighted by Gasteiger charge is 2.22. The quantitative estimate of drug-likeness (QED) is 0.355. The van der Waals surface area contributed by atoms with Crippen molar-refractivity contribution >= 4 is 65.5 Å². The smallest absolute Gasteiger partial charge is 0.269 e. The number of benzene rings is 1. The van der Waals surface area contributed by atoms with E-state index < -0.39 is 0 Å². The number of nitrogens with one attached hydrogen (secondary N) is 1. The van der Waals surface area contributed by atoms with Crippen LogP contribution in [0.1, 0.15) is 34.3 Å². The number of carbonyl (C=O) groups excluding carboxylic acids is 1. The Morgan fingerprint density at radius 1 is 1.27 bits per heavy atom. The molecule has 3 aromatic heterocycles. The number of thiazole rings is 1. The molecule has 0 saturated carbocycles. The molecular formula is C22H19BrN4OS2. The Bertz CT molecular complexity index is 1260. The van der Waals surface area contributed by atoms with Crippen molar-refractivity contribution in [3.05, 3.63) is 56.3 Å². The van der Waals surface area contributed by atoms with Gasteiger partial charge in [0.25, 0.3) is 5.91 Å². The van der Waals surface area contributed by atoms with Crippen LogP contribution in [0.4, 0.5) is 10.8 Å². The monoisotopic (exact) mass is 498 g/mol. The normalized spacial score (nSPS) is 15.9. The Morgan fingerprint density at radius 2 is 2.07 bits per heavy atom. The number of halogens is 1. The molecule has 4 aromatic rings. The highest BCUT2D eigenvalue weighted by molar-refractivity contribution is 9.10. The SMILES string of the molecule is CC1CCc2nc3sc(C(=O)Nc4nc(-c5ccc(Br)cc5)cs4)c(N)c3cc2C1. The first-order chi connectivity index (χ1) is 14.5. The Labute approximate surface area is 190 Å². The van der Waals surface area contributed by atoms with Gasteiger partial charge in [-0.05, 0) is 48.9 Å². The summed E-state index contributed by atoms with van der Waals surface area (Å²) in [5.74, 6) is 0.419. The van der Waals surface area contributed by atoms with Crippen LogP contribution < -0.4 is 11.1 Å². The van der Waals surface area contributed by atoms with Gasteiger partial charge in [0.15, 0.2) is 5.13 Å². The number of aromatic nitrogens is 2. The molecule has 5 nitrogen and oxygen atoms in total. The lowest BCUT2D eigenvalue weighted by atomic mass is 9.87. The van der Waals surface area contributed by atoms with Gasteiger partial charge in [-0.25, -0.2) is 9.97 Å². The molecule has 0 aliphatic heterocycles. The van der Waals surface area contributed by atoms with Crippen LogP contribution in [0, 0.1) is 5.92 Å². The fourth-order valence-electron chi connectivity index (χ4n) is 3.78. The van der Waals surface area contributed by atoms with Crippen LogP contribution in [0.5, 0.6) is 0 Å². The largest absolute Gasteiger partial charge is 0.397 e. The van der Waals surface area contributed by atoms with E-state index in [0.29, 0.717) is 21.6 Å². The molecule has 1 atom stereocenters. The predicted molar refractivity (Wildman–Crippen MR) is 128 cm³/mol. The van der Waals surface area contributed by atoms with E-state index in [9.17, 15) is 4.79 Å². The molecule has 0 spiro atoms. The molecule has 3 N–H and O–H groups in total. The number of nitrogen functional groups attached to an aromatic ring is 1. The van der Waals surface area contributed by atoms with Crippen LogP contribution in [0.25, 0.3) is 21.5 Å². The molecule has 0 saturated heterocycles. The number of pyridine rings is 1. The van der Waals surface area contributed by atoms with Crippen LogP contribution in [-0.2, 0) is 12.8 Å². The maximum Gasteiger partial charge on any atom is 0.269 e. The lowest BCUT2D eigenvalue weighted by molar-refractivity contribution is 0.103. The van der Waals surface area contributed by atoms with Crippen LogP contribution in [0.15, 0.2) is 40.2 Å². The van der Waals surface area contributed by atoms with Gasteiger partial charge in [-0.1, -0.05) is 35.0 Å². The number of carbonyl (C=O) groups is 1. The van der Waals surface area contributed by atoms with E-state index in [0.717, 1.165) is 50.9 Å². The van der Waals surface area contributed by atoms with Crippen molar-refractivity contribution in [1.29, 1.82) is 0 Å². The molecule has 0 fully saturated rings. The Morgan fingerprint density at radius 3 is 2.87 bits per heavy atom. The summed E-state index contributed by atoms with van der Waals surface area (Å²) in [5, 5.41) is 6.27. The van der Waals surface area contributed by atoms with Gasteiger partial charge >= 0.3 is 0 Å². The van der Waals surface area contributed by atoms with Gasteiger partial charge < -0.3 is 5.73 Å². The van der Waals surface area contributed by atoms with Gasteiger partial charge in [0.2, 0.25) is 0 Å². The molecule has 152 valence electrons. The van der Waals surface area contributed by atoms with Crippen molar-refractivity contribution in [1.82, 2.24) is 9.97 Å². The van der Waals surface area contributed by atoms with Gasteiger partial charge in [0.1, 0.15) is 9.71 Å². The fourth-order valence-corrected chi connectivity index (χ4v) is 5.75. The number of aryl methyl sites for hydroxylation is 1. The summed E-state index contributed by atoms with van der Waals surface area (Å²) >= 11 is 6.19. The molecule has 1 aliphatic carbocycles. The first-order valence-corrected chi connectivity index (χ1v) is 12.2. The van der Waals surface area contributed by atoms with Crippen molar-refractivity contribution < 1.29 is 4.79 Å². The zero-order chi connectivity index (χ0) is 20.8. The molecule has 5 rings (SSSR count). The number of nitrogens with zero attached hydrogens (tertiary/aromatic N) is 2. The Kier molecular flexibility index (Phi) is 5.08. The van der Waals surface area contributed by atoms with Crippen LogP contribution >= 0.6 is 38.6 Å². The number of anilines is 2. The average Bonchev–Trinajstić information content (AvgIpc) is 3.32. The van der Waals surface area contributed by atoms with Crippen LogP contribution in [0.2, 0.25) is 0 Å². The van der Waals surface area contributed by atoms with Gasteiger partial charge in [-0.15, -0.1) is 22.7 Å². The average molecular weight is 499 g/mol. The number of hydrogen-bond donors (Lipinski definition) is 2. The summed E-state index contributed by atoms with van der Waals surface area (Å²) in [6.45, 7) is 2.26. The summed E-state index contributed by atoms with van der Waals surface area (Å²) in [4.78, 5) is 23.6. The molecule has 1 amide bonds. The molecule has 1 unspecified atom stereocenters. The molecule has 3 heterocycles. The highest BCUT2D eigenvalue weighted by atomic mass is 79.9. The van der Waals surface area contributed by atoms with Crippen LogP contribution in [0.3, 0.4) is 0 Å². The minimum atomic E-state index is -0.237. The third kappa shape index (κ3) is 3.64. The summed E-state index contributed by atoms with van der Waals surface area (Å²) in [6, 6.07) is 10.0. The lowest BCUT2D eigenvalue weighted by Crippen LogP contribution is -2.12. The maximum atomic E-state index is 12.9.